The van der Waals surface area contributed by atoms with E-state index in [0.717, 1.165) is 12.3 Å². The quantitative estimate of drug-likeness (QED) is 0.862. The van der Waals surface area contributed by atoms with Crippen molar-refractivity contribution in [1.82, 2.24) is 5.32 Å². The van der Waals surface area contributed by atoms with Gasteiger partial charge in [0.2, 0.25) is 0 Å². The molecule has 1 aliphatic carbocycles. The maximum absolute atomic E-state index is 5.21. The van der Waals surface area contributed by atoms with Crippen LogP contribution in [-0.2, 0) is 5.41 Å². The molecular formula is C15H23NO. The van der Waals surface area contributed by atoms with Crippen LogP contribution in [-0.4, -0.2) is 19.7 Å². The first-order chi connectivity index (χ1) is 8.18. The largest absolute Gasteiger partial charge is 0.497 e. The molecule has 1 N–H and O–H groups in total. The molecule has 0 amide bonds. The summed E-state index contributed by atoms with van der Waals surface area (Å²) in [6.45, 7) is 5.64. The standard InChI is InChI=1S/C15H23NO/c1-4-16-13-9-10-15(2,11-13)12-5-7-14(17-3)8-6-12/h5-8,13,16H,4,9-11H2,1-3H3. The van der Waals surface area contributed by atoms with Gasteiger partial charge < -0.3 is 10.1 Å². The molecule has 17 heavy (non-hydrogen) atoms. The topological polar surface area (TPSA) is 21.3 Å². The highest BCUT2D eigenvalue weighted by Gasteiger charge is 2.35. The van der Waals surface area contributed by atoms with Crippen LogP contribution in [0.2, 0.25) is 0 Å². The van der Waals surface area contributed by atoms with Gasteiger partial charge in [0.15, 0.2) is 0 Å². The molecule has 2 nitrogen and oxygen atoms in total. The molecular weight excluding hydrogens is 210 g/mol. The van der Waals surface area contributed by atoms with Crippen LogP contribution < -0.4 is 10.1 Å². The lowest BCUT2D eigenvalue weighted by Crippen LogP contribution is -2.28. The second-order valence-electron chi connectivity index (χ2n) is 5.29. The minimum absolute atomic E-state index is 0.332. The van der Waals surface area contributed by atoms with Crippen LogP contribution in [0.3, 0.4) is 0 Å². The highest BCUT2D eigenvalue weighted by molar-refractivity contribution is 5.33. The van der Waals surface area contributed by atoms with Crippen molar-refractivity contribution >= 4 is 0 Å². The van der Waals surface area contributed by atoms with E-state index in [9.17, 15) is 0 Å². The van der Waals surface area contributed by atoms with E-state index in [4.69, 9.17) is 4.74 Å². The third-order valence-electron chi connectivity index (χ3n) is 4.02. The summed E-state index contributed by atoms with van der Waals surface area (Å²) in [5.74, 6) is 0.943. The first kappa shape index (κ1) is 12.4. The summed E-state index contributed by atoms with van der Waals surface area (Å²) < 4.78 is 5.21. The summed E-state index contributed by atoms with van der Waals surface area (Å²) in [5, 5.41) is 3.57. The molecule has 2 atom stereocenters. The zero-order valence-electron chi connectivity index (χ0n) is 11.1. The number of ether oxygens (including phenoxy) is 1. The minimum Gasteiger partial charge on any atom is -0.497 e. The summed E-state index contributed by atoms with van der Waals surface area (Å²) in [4.78, 5) is 0. The maximum atomic E-state index is 5.21. The zero-order valence-corrected chi connectivity index (χ0v) is 11.1. The van der Waals surface area contributed by atoms with Gasteiger partial charge in [-0.3, -0.25) is 0 Å². The molecule has 0 heterocycles. The van der Waals surface area contributed by atoms with Gasteiger partial charge in [0, 0.05) is 6.04 Å². The fourth-order valence-corrected chi connectivity index (χ4v) is 2.96. The highest BCUT2D eigenvalue weighted by atomic mass is 16.5. The Kier molecular flexibility index (Phi) is 3.72. The van der Waals surface area contributed by atoms with Gasteiger partial charge in [-0.1, -0.05) is 26.0 Å². The average molecular weight is 233 g/mol. The summed E-state index contributed by atoms with van der Waals surface area (Å²) in [6, 6.07) is 9.26. The molecule has 94 valence electrons. The molecule has 1 saturated carbocycles. The van der Waals surface area contributed by atoms with Crippen molar-refractivity contribution in [3.8, 4) is 5.75 Å². The van der Waals surface area contributed by atoms with E-state index < -0.39 is 0 Å². The Hall–Kier alpha value is -1.02. The predicted molar refractivity (Wildman–Crippen MR) is 71.7 cm³/mol. The average Bonchev–Trinajstić information content (AvgIpc) is 2.73. The van der Waals surface area contributed by atoms with Gasteiger partial charge in [0.25, 0.3) is 0 Å². The number of nitrogens with one attached hydrogen (secondary N) is 1. The Bertz CT molecular complexity index is 360. The number of hydrogen-bond acceptors (Lipinski definition) is 2. The Morgan fingerprint density at radius 1 is 1.35 bits per heavy atom. The Morgan fingerprint density at radius 3 is 2.65 bits per heavy atom. The Balaban J connectivity index is 2.10. The van der Waals surface area contributed by atoms with Crippen LogP contribution in [0.25, 0.3) is 0 Å². The second kappa shape index (κ2) is 5.09. The monoisotopic (exact) mass is 233 g/mol. The summed E-state index contributed by atoms with van der Waals surface area (Å²) in [7, 11) is 1.72. The number of methoxy groups -OCH3 is 1. The second-order valence-corrected chi connectivity index (χ2v) is 5.29. The normalized spacial score (nSPS) is 28.3. The van der Waals surface area contributed by atoms with Crippen LogP contribution in [0.1, 0.15) is 38.7 Å². The number of hydrogen-bond donors (Lipinski definition) is 1. The molecule has 0 aromatic heterocycles. The molecule has 0 aliphatic heterocycles. The van der Waals surface area contributed by atoms with Gasteiger partial charge in [0.05, 0.1) is 7.11 Å². The molecule has 1 aromatic carbocycles. The Morgan fingerprint density at radius 2 is 2.06 bits per heavy atom. The van der Waals surface area contributed by atoms with Crippen molar-refractivity contribution in [3.05, 3.63) is 29.8 Å². The molecule has 0 bridgehead atoms. The van der Waals surface area contributed by atoms with Gasteiger partial charge >= 0.3 is 0 Å². The molecule has 1 fully saturated rings. The van der Waals surface area contributed by atoms with Gasteiger partial charge in [0.1, 0.15) is 5.75 Å². The smallest absolute Gasteiger partial charge is 0.118 e. The van der Waals surface area contributed by atoms with E-state index in [1.165, 1.54) is 24.8 Å². The van der Waals surface area contributed by atoms with Gasteiger partial charge in [-0.05, 0) is 48.9 Å². The molecule has 0 radical (unpaired) electrons. The van der Waals surface area contributed by atoms with Crippen LogP contribution >= 0.6 is 0 Å². The van der Waals surface area contributed by atoms with Crippen LogP contribution in [0, 0.1) is 0 Å². The van der Waals surface area contributed by atoms with E-state index in [1.54, 1.807) is 7.11 Å². The van der Waals surface area contributed by atoms with Crippen molar-refractivity contribution in [1.29, 1.82) is 0 Å². The lowest BCUT2D eigenvalue weighted by Gasteiger charge is -2.25. The molecule has 2 heteroatoms. The molecule has 0 spiro atoms. The summed E-state index contributed by atoms with van der Waals surface area (Å²) in [6.07, 6.45) is 3.81. The van der Waals surface area contributed by atoms with Gasteiger partial charge in [-0.2, -0.15) is 0 Å². The van der Waals surface area contributed by atoms with E-state index in [0.29, 0.717) is 11.5 Å². The molecule has 0 saturated heterocycles. The first-order valence-electron chi connectivity index (χ1n) is 6.56. The Labute approximate surface area is 104 Å². The van der Waals surface area contributed by atoms with Crippen molar-refractivity contribution in [3.63, 3.8) is 0 Å². The lowest BCUT2D eigenvalue weighted by molar-refractivity contribution is 0.413. The first-order valence-corrected chi connectivity index (χ1v) is 6.56. The van der Waals surface area contributed by atoms with Crippen LogP contribution in [0.15, 0.2) is 24.3 Å². The third-order valence-corrected chi connectivity index (χ3v) is 4.02. The van der Waals surface area contributed by atoms with Crippen molar-refractivity contribution < 1.29 is 4.74 Å². The van der Waals surface area contributed by atoms with Crippen LogP contribution in [0.4, 0.5) is 0 Å². The SMILES string of the molecule is CCNC1CCC(C)(c2ccc(OC)cc2)C1. The predicted octanol–water partition coefficient (Wildman–Crippen LogP) is 3.11. The molecule has 1 aromatic rings. The fraction of sp³-hybridized carbons (Fsp3) is 0.600. The number of rotatable bonds is 4. The minimum atomic E-state index is 0.332. The summed E-state index contributed by atoms with van der Waals surface area (Å²) in [5.41, 5.74) is 1.78. The van der Waals surface area contributed by atoms with E-state index in [1.807, 2.05) is 0 Å². The highest BCUT2D eigenvalue weighted by Crippen LogP contribution is 2.41. The lowest BCUT2D eigenvalue weighted by atomic mass is 9.81. The molecule has 2 rings (SSSR count). The van der Waals surface area contributed by atoms with Crippen LogP contribution in [0.5, 0.6) is 5.75 Å². The third kappa shape index (κ3) is 2.63. The number of benzene rings is 1. The van der Waals surface area contributed by atoms with Gasteiger partial charge in [-0.25, -0.2) is 0 Å². The zero-order chi connectivity index (χ0) is 12.3. The van der Waals surface area contributed by atoms with Crippen molar-refractivity contribution in [2.45, 2.75) is 44.6 Å². The maximum Gasteiger partial charge on any atom is 0.118 e. The van der Waals surface area contributed by atoms with E-state index >= 15 is 0 Å². The van der Waals surface area contributed by atoms with E-state index in [-0.39, 0.29) is 0 Å². The van der Waals surface area contributed by atoms with Crippen molar-refractivity contribution in [2.75, 3.05) is 13.7 Å². The fourth-order valence-electron chi connectivity index (χ4n) is 2.96. The summed E-state index contributed by atoms with van der Waals surface area (Å²) >= 11 is 0. The van der Waals surface area contributed by atoms with Crippen molar-refractivity contribution in [2.24, 2.45) is 0 Å². The molecule has 1 aliphatic rings. The van der Waals surface area contributed by atoms with E-state index in [2.05, 4.69) is 43.4 Å². The molecule has 2 unspecified atom stereocenters. The van der Waals surface area contributed by atoms with Gasteiger partial charge in [-0.15, -0.1) is 0 Å².